The van der Waals surface area contributed by atoms with Crippen molar-refractivity contribution in [2.24, 2.45) is 0 Å². The molecule has 0 radical (unpaired) electrons. The first-order valence-electron chi connectivity index (χ1n) is 11.1. The summed E-state index contributed by atoms with van der Waals surface area (Å²) in [7, 11) is 0. The maximum atomic E-state index is 13.5. The first kappa shape index (κ1) is 22.9. The molecular weight excluding hydrogens is 463 g/mol. The molecule has 1 saturated heterocycles. The number of benzene rings is 2. The van der Waals surface area contributed by atoms with Gasteiger partial charge in [0, 0.05) is 23.6 Å². The van der Waals surface area contributed by atoms with Gasteiger partial charge in [-0.05, 0) is 55.0 Å². The van der Waals surface area contributed by atoms with Crippen molar-refractivity contribution in [3.05, 3.63) is 114 Å². The molecule has 2 atom stereocenters. The van der Waals surface area contributed by atoms with Gasteiger partial charge in [0.05, 0.1) is 11.4 Å². The molecule has 2 N–H and O–H groups in total. The number of piperidine rings is 1. The van der Waals surface area contributed by atoms with E-state index in [0.717, 1.165) is 16.0 Å². The summed E-state index contributed by atoms with van der Waals surface area (Å²) in [5, 5.41) is 9.99. The Balaban J connectivity index is 1.48. The molecule has 8 heteroatoms. The van der Waals surface area contributed by atoms with Crippen molar-refractivity contribution < 1.29 is 13.9 Å². The fourth-order valence-corrected chi connectivity index (χ4v) is 5.24. The van der Waals surface area contributed by atoms with Crippen molar-refractivity contribution in [2.45, 2.75) is 29.0 Å². The third-order valence-electron chi connectivity index (χ3n) is 5.91. The van der Waals surface area contributed by atoms with Crippen molar-refractivity contribution >= 4 is 17.7 Å². The van der Waals surface area contributed by atoms with E-state index in [1.54, 1.807) is 18.3 Å². The summed E-state index contributed by atoms with van der Waals surface area (Å²) < 4.78 is 19.1. The fourth-order valence-electron chi connectivity index (χ4n) is 4.16. The predicted octanol–water partition coefficient (Wildman–Crippen LogP) is 5.53. The number of H-pyrrole nitrogens is 1. The molecule has 0 spiro atoms. The SMILES string of the molecule is C=C1CC(c2cc[nH]n2)(c2cccc(Oc3ccc(F)cc3)n2)NC(=O)C1Sc1ccccc1C. The van der Waals surface area contributed by atoms with Crippen LogP contribution in [-0.4, -0.2) is 26.3 Å². The lowest BCUT2D eigenvalue weighted by Crippen LogP contribution is -2.55. The highest BCUT2D eigenvalue weighted by atomic mass is 32.2. The molecule has 1 aliphatic heterocycles. The number of rotatable bonds is 6. The van der Waals surface area contributed by atoms with Gasteiger partial charge < -0.3 is 10.1 Å². The van der Waals surface area contributed by atoms with Crippen LogP contribution < -0.4 is 10.1 Å². The molecule has 2 aromatic heterocycles. The lowest BCUT2D eigenvalue weighted by molar-refractivity contribution is -0.122. The van der Waals surface area contributed by atoms with E-state index in [0.29, 0.717) is 29.4 Å². The summed E-state index contributed by atoms with van der Waals surface area (Å²) in [5.41, 5.74) is 2.06. The first-order valence-corrected chi connectivity index (χ1v) is 12.0. The van der Waals surface area contributed by atoms with Gasteiger partial charge >= 0.3 is 0 Å². The van der Waals surface area contributed by atoms with E-state index >= 15 is 0 Å². The third-order valence-corrected chi connectivity index (χ3v) is 7.41. The zero-order chi connectivity index (χ0) is 24.4. The van der Waals surface area contributed by atoms with E-state index in [4.69, 9.17) is 9.72 Å². The zero-order valence-electron chi connectivity index (χ0n) is 19.0. The minimum atomic E-state index is -1.01. The fraction of sp³-hybridized carbons (Fsp3) is 0.148. The quantitative estimate of drug-likeness (QED) is 0.351. The van der Waals surface area contributed by atoms with Gasteiger partial charge in [-0.25, -0.2) is 9.37 Å². The largest absolute Gasteiger partial charge is 0.439 e. The van der Waals surface area contributed by atoms with Gasteiger partial charge in [0.15, 0.2) is 0 Å². The summed E-state index contributed by atoms with van der Waals surface area (Å²) in [6, 6.07) is 20.8. The Bertz CT molecular complexity index is 1350. The Morgan fingerprint density at radius 3 is 2.57 bits per heavy atom. The molecule has 0 saturated carbocycles. The molecule has 35 heavy (non-hydrogen) atoms. The Morgan fingerprint density at radius 1 is 1.06 bits per heavy atom. The number of ether oxygens (including phenoxy) is 1. The molecule has 5 rings (SSSR count). The topological polar surface area (TPSA) is 79.9 Å². The number of nitrogens with zero attached hydrogens (tertiary/aromatic N) is 2. The summed E-state index contributed by atoms with van der Waals surface area (Å²) in [5.74, 6) is 0.263. The van der Waals surface area contributed by atoms with Crippen LogP contribution in [0.25, 0.3) is 0 Å². The van der Waals surface area contributed by atoms with Crippen LogP contribution in [0, 0.1) is 12.7 Å². The van der Waals surface area contributed by atoms with Crippen LogP contribution in [0.4, 0.5) is 4.39 Å². The Hall–Kier alpha value is -3.91. The predicted molar refractivity (Wildman–Crippen MR) is 133 cm³/mol. The average Bonchev–Trinajstić information content (AvgIpc) is 3.40. The minimum absolute atomic E-state index is 0.163. The van der Waals surface area contributed by atoms with Crippen LogP contribution in [0.2, 0.25) is 0 Å². The number of thioether (sulfide) groups is 1. The molecule has 176 valence electrons. The summed E-state index contributed by atoms with van der Waals surface area (Å²) in [4.78, 5) is 19.2. The molecule has 2 unspecified atom stereocenters. The van der Waals surface area contributed by atoms with E-state index in [1.807, 2.05) is 43.3 Å². The van der Waals surface area contributed by atoms with Crippen LogP contribution in [-0.2, 0) is 10.3 Å². The van der Waals surface area contributed by atoms with Gasteiger partial charge in [0.1, 0.15) is 22.4 Å². The number of pyridine rings is 1. The van der Waals surface area contributed by atoms with E-state index in [1.165, 1.54) is 36.0 Å². The second kappa shape index (κ2) is 9.38. The number of hydrogen-bond donors (Lipinski definition) is 2. The molecule has 1 amide bonds. The highest BCUT2D eigenvalue weighted by Gasteiger charge is 2.47. The van der Waals surface area contributed by atoms with E-state index in [9.17, 15) is 9.18 Å². The second-order valence-electron chi connectivity index (χ2n) is 8.37. The Morgan fingerprint density at radius 2 is 1.86 bits per heavy atom. The first-order chi connectivity index (χ1) is 16.9. The van der Waals surface area contributed by atoms with Crippen LogP contribution in [0.3, 0.4) is 0 Å². The zero-order valence-corrected chi connectivity index (χ0v) is 19.8. The molecule has 0 aliphatic carbocycles. The number of aromatic nitrogens is 3. The number of carbonyl (C=O) groups is 1. The molecule has 1 aliphatic rings. The van der Waals surface area contributed by atoms with Crippen LogP contribution in [0.1, 0.15) is 23.4 Å². The molecule has 3 heterocycles. The normalized spacial score (nSPS) is 19.9. The van der Waals surface area contributed by atoms with E-state index in [2.05, 4.69) is 22.1 Å². The highest BCUT2D eigenvalue weighted by molar-refractivity contribution is 8.00. The van der Waals surface area contributed by atoms with Gasteiger partial charge in [0.2, 0.25) is 11.8 Å². The summed E-state index contributed by atoms with van der Waals surface area (Å²) in [6.07, 6.45) is 2.12. The maximum absolute atomic E-state index is 13.5. The maximum Gasteiger partial charge on any atom is 0.238 e. The van der Waals surface area contributed by atoms with E-state index in [-0.39, 0.29) is 11.7 Å². The lowest BCUT2D eigenvalue weighted by Gasteiger charge is -2.40. The van der Waals surface area contributed by atoms with Gasteiger partial charge in [-0.1, -0.05) is 36.4 Å². The Labute approximate surface area is 206 Å². The monoisotopic (exact) mass is 486 g/mol. The molecular formula is C27H23FN4O2S. The summed E-state index contributed by atoms with van der Waals surface area (Å²) >= 11 is 1.49. The van der Waals surface area contributed by atoms with Crippen molar-refractivity contribution in [3.8, 4) is 11.6 Å². The van der Waals surface area contributed by atoms with Gasteiger partial charge in [-0.15, -0.1) is 11.8 Å². The van der Waals surface area contributed by atoms with Crippen molar-refractivity contribution in [3.63, 3.8) is 0 Å². The van der Waals surface area contributed by atoms with Crippen LogP contribution >= 0.6 is 11.8 Å². The second-order valence-corrected chi connectivity index (χ2v) is 9.52. The summed E-state index contributed by atoms with van der Waals surface area (Å²) in [6.45, 7) is 6.31. The van der Waals surface area contributed by atoms with Crippen LogP contribution in [0.15, 0.2) is 96.0 Å². The lowest BCUT2D eigenvalue weighted by atomic mass is 9.80. The number of amides is 1. The highest BCUT2D eigenvalue weighted by Crippen LogP contribution is 2.43. The smallest absolute Gasteiger partial charge is 0.238 e. The van der Waals surface area contributed by atoms with Crippen molar-refractivity contribution in [1.82, 2.24) is 20.5 Å². The third kappa shape index (κ3) is 4.57. The molecule has 2 aromatic carbocycles. The van der Waals surface area contributed by atoms with Gasteiger partial charge in [0.25, 0.3) is 0 Å². The molecule has 0 bridgehead atoms. The van der Waals surface area contributed by atoms with Crippen LogP contribution in [0.5, 0.6) is 11.6 Å². The molecule has 4 aromatic rings. The average molecular weight is 487 g/mol. The van der Waals surface area contributed by atoms with Gasteiger partial charge in [-0.2, -0.15) is 5.10 Å². The number of halogens is 1. The Kier molecular flexibility index (Phi) is 6.13. The molecule has 1 fully saturated rings. The standard InChI is InChI=1S/C27H23FN4O2S/c1-17-6-3-4-7-21(17)35-25-18(2)16-27(31-26(25)33,23-14-15-29-32-23)22-8-5-9-24(30-22)34-20-12-10-19(28)11-13-20/h3-15,25H,2,16H2,1H3,(H,29,32)(H,31,33). The number of carbonyl (C=O) groups excluding carboxylic acids is 1. The number of aryl methyl sites for hydroxylation is 1. The number of hydrogen-bond acceptors (Lipinski definition) is 5. The number of nitrogens with one attached hydrogen (secondary N) is 2. The van der Waals surface area contributed by atoms with Crippen molar-refractivity contribution in [2.75, 3.05) is 0 Å². The van der Waals surface area contributed by atoms with Crippen molar-refractivity contribution in [1.29, 1.82) is 0 Å². The number of aromatic amines is 1. The molecule has 6 nitrogen and oxygen atoms in total. The van der Waals surface area contributed by atoms with Gasteiger partial charge in [-0.3, -0.25) is 9.89 Å². The minimum Gasteiger partial charge on any atom is -0.439 e. The van der Waals surface area contributed by atoms with E-state index < -0.39 is 10.8 Å².